The van der Waals surface area contributed by atoms with Gasteiger partial charge in [-0.3, -0.25) is 0 Å². The van der Waals surface area contributed by atoms with Crippen LogP contribution in [0.3, 0.4) is 0 Å². The number of hydrogen-bond donors (Lipinski definition) is 2. The summed E-state index contributed by atoms with van der Waals surface area (Å²) >= 11 is 1.50. The van der Waals surface area contributed by atoms with E-state index in [0.717, 1.165) is 52.1 Å². The smallest absolute Gasteiger partial charge is 0.178 e. The van der Waals surface area contributed by atoms with E-state index in [2.05, 4.69) is 5.32 Å². The highest BCUT2D eigenvalue weighted by Crippen LogP contribution is 2.50. The monoisotopic (exact) mass is 441 g/mol. The zero-order valence-corrected chi connectivity index (χ0v) is 18.2. The first kappa shape index (κ1) is 19.6. The van der Waals surface area contributed by atoms with Crippen molar-refractivity contribution in [3.05, 3.63) is 52.7 Å². The summed E-state index contributed by atoms with van der Waals surface area (Å²) < 4.78 is 31.0. The Morgan fingerprint density at radius 2 is 1.87 bits per heavy atom. The van der Waals surface area contributed by atoms with Gasteiger partial charge in [0.2, 0.25) is 0 Å². The van der Waals surface area contributed by atoms with Crippen LogP contribution in [0.15, 0.2) is 52.7 Å². The van der Waals surface area contributed by atoms with Crippen LogP contribution in [-0.2, 0) is 9.84 Å². The van der Waals surface area contributed by atoms with Crippen LogP contribution in [0.25, 0.3) is 22.3 Å². The van der Waals surface area contributed by atoms with Crippen LogP contribution >= 0.6 is 11.3 Å². The summed E-state index contributed by atoms with van der Waals surface area (Å²) in [7, 11) is -1.64. The van der Waals surface area contributed by atoms with E-state index in [0.29, 0.717) is 16.6 Å². The summed E-state index contributed by atoms with van der Waals surface area (Å²) in [6.07, 6.45) is 2.31. The van der Waals surface area contributed by atoms with Crippen molar-refractivity contribution in [2.75, 3.05) is 18.2 Å². The van der Waals surface area contributed by atoms with Crippen LogP contribution < -0.4 is 10.1 Å². The lowest BCUT2D eigenvalue weighted by Crippen LogP contribution is -2.15. The molecule has 2 aromatic carbocycles. The molecule has 0 bridgehead atoms. The second-order valence-corrected chi connectivity index (χ2v) is 10.9. The third-order valence-electron chi connectivity index (χ3n) is 5.89. The molecule has 5 nitrogen and oxygen atoms in total. The Bertz CT molecular complexity index is 1190. The fraction of sp³-hybridized carbons (Fsp3) is 0.304. The summed E-state index contributed by atoms with van der Waals surface area (Å²) in [5.74, 6) is 1.50. The van der Waals surface area contributed by atoms with E-state index in [9.17, 15) is 13.5 Å². The maximum absolute atomic E-state index is 12.7. The topological polar surface area (TPSA) is 75.6 Å². The maximum Gasteiger partial charge on any atom is 0.178 e. The number of aliphatic hydroxyl groups is 1. The third kappa shape index (κ3) is 3.41. The summed E-state index contributed by atoms with van der Waals surface area (Å²) in [5.41, 5.74) is 4.51. The highest BCUT2D eigenvalue weighted by Gasteiger charge is 2.29. The fourth-order valence-corrected chi connectivity index (χ4v) is 6.33. The molecule has 1 fully saturated rings. The molecule has 0 radical (unpaired) electrons. The van der Waals surface area contributed by atoms with Crippen LogP contribution in [0.2, 0.25) is 0 Å². The van der Waals surface area contributed by atoms with E-state index in [4.69, 9.17) is 4.74 Å². The lowest BCUT2D eigenvalue weighted by atomic mass is 9.90. The molecule has 3 aromatic rings. The first-order chi connectivity index (χ1) is 14.5. The molecule has 1 aliphatic carbocycles. The summed E-state index contributed by atoms with van der Waals surface area (Å²) in [4.78, 5) is 1.22. The van der Waals surface area contributed by atoms with Gasteiger partial charge in [0.1, 0.15) is 5.75 Å². The molecular weight excluding hydrogens is 418 g/mol. The third-order valence-corrected chi connectivity index (χ3v) is 8.62. The zero-order valence-electron chi connectivity index (χ0n) is 16.6. The number of hydrogen-bond acceptors (Lipinski definition) is 6. The van der Waals surface area contributed by atoms with Gasteiger partial charge in [0, 0.05) is 22.4 Å². The molecule has 0 spiro atoms. The Balaban J connectivity index is 1.57. The molecule has 156 valence electrons. The molecule has 30 heavy (non-hydrogen) atoms. The highest BCUT2D eigenvalue weighted by molar-refractivity contribution is 7.91. The van der Waals surface area contributed by atoms with Crippen LogP contribution in [0.5, 0.6) is 5.75 Å². The molecule has 1 saturated carbocycles. The van der Waals surface area contributed by atoms with Gasteiger partial charge in [0.15, 0.2) is 16.1 Å². The van der Waals surface area contributed by atoms with Crippen molar-refractivity contribution in [3.8, 4) is 28.0 Å². The lowest BCUT2D eigenvalue weighted by Gasteiger charge is -2.27. The number of sulfone groups is 1. The molecule has 2 heterocycles. The Hall–Kier alpha value is -2.35. The normalized spacial score (nSPS) is 17.7. The van der Waals surface area contributed by atoms with Gasteiger partial charge in [-0.2, -0.15) is 0 Å². The first-order valence-electron chi connectivity index (χ1n) is 10.0. The Kier molecular flexibility index (Phi) is 4.84. The van der Waals surface area contributed by atoms with E-state index in [1.54, 1.807) is 19.2 Å². The number of methoxy groups -OCH3 is 1. The minimum absolute atomic E-state index is 0.209. The molecule has 1 atom stereocenters. The largest absolute Gasteiger partial charge is 0.496 e. The van der Waals surface area contributed by atoms with E-state index >= 15 is 0 Å². The van der Waals surface area contributed by atoms with E-state index in [-0.39, 0.29) is 5.75 Å². The summed E-state index contributed by atoms with van der Waals surface area (Å²) in [6, 6.07) is 12.8. The average Bonchev–Trinajstić information content (AvgIpc) is 3.45. The minimum atomic E-state index is -3.27. The quantitative estimate of drug-likeness (QED) is 0.558. The van der Waals surface area contributed by atoms with E-state index in [1.165, 1.54) is 11.3 Å². The number of rotatable bonds is 6. The van der Waals surface area contributed by atoms with Crippen molar-refractivity contribution in [2.24, 2.45) is 5.92 Å². The van der Waals surface area contributed by atoms with Crippen molar-refractivity contribution in [1.82, 2.24) is 0 Å². The molecule has 2 N–H and O–H groups in total. The Morgan fingerprint density at radius 3 is 2.57 bits per heavy atom. The minimum Gasteiger partial charge on any atom is -0.496 e. The Morgan fingerprint density at radius 1 is 1.10 bits per heavy atom. The van der Waals surface area contributed by atoms with Gasteiger partial charge < -0.3 is 15.2 Å². The van der Waals surface area contributed by atoms with E-state index in [1.807, 2.05) is 35.7 Å². The lowest BCUT2D eigenvalue weighted by molar-refractivity contribution is 0.211. The predicted molar refractivity (Wildman–Crippen MR) is 120 cm³/mol. The molecule has 5 rings (SSSR count). The standard InChI is InChI=1S/C23H23NO4S2/c1-28-19-9-8-18-21(17-10-12-29-22(17)23(25)24-18)20(19)15-4-6-16(7-5-15)30(26,27)13-11-14-2-3-14/h4-10,12,14,23-25H,2-3,11,13H2,1H3. The van der Waals surface area contributed by atoms with Crippen molar-refractivity contribution in [2.45, 2.75) is 30.4 Å². The second-order valence-electron chi connectivity index (χ2n) is 7.89. The summed E-state index contributed by atoms with van der Waals surface area (Å²) in [5, 5.41) is 15.5. The molecule has 7 heteroatoms. The van der Waals surface area contributed by atoms with Crippen LogP contribution in [0.4, 0.5) is 5.69 Å². The second kappa shape index (κ2) is 7.41. The SMILES string of the molecule is COc1ccc2c(c1-c1ccc(S(=O)(=O)CCC3CC3)cc1)-c1ccsc1C(O)N2. The van der Waals surface area contributed by atoms with Crippen molar-refractivity contribution >= 4 is 26.9 Å². The number of benzene rings is 2. The molecule has 0 saturated heterocycles. The van der Waals surface area contributed by atoms with Crippen LogP contribution in [0.1, 0.15) is 30.4 Å². The van der Waals surface area contributed by atoms with Crippen molar-refractivity contribution in [1.29, 1.82) is 0 Å². The molecule has 1 aromatic heterocycles. The van der Waals surface area contributed by atoms with E-state index < -0.39 is 16.1 Å². The number of fused-ring (bicyclic) bond motifs is 3. The molecular formula is C23H23NO4S2. The molecule has 1 aliphatic heterocycles. The molecule has 1 unspecified atom stereocenters. The zero-order chi connectivity index (χ0) is 20.9. The Labute approximate surface area is 180 Å². The van der Waals surface area contributed by atoms with Gasteiger partial charge in [-0.1, -0.05) is 25.0 Å². The number of anilines is 1. The van der Waals surface area contributed by atoms with Crippen molar-refractivity contribution < 1.29 is 18.3 Å². The number of ether oxygens (including phenoxy) is 1. The van der Waals surface area contributed by atoms with Gasteiger partial charge >= 0.3 is 0 Å². The maximum atomic E-state index is 12.7. The van der Waals surface area contributed by atoms with Crippen LogP contribution in [-0.4, -0.2) is 26.4 Å². The van der Waals surface area contributed by atoms with Gasteiger partial charge in [-0.25, -0.2) is 8.42 Å². The highest BCUT2D eigenvalue weighted by atomic mass is 32.2. The van der Waals surface area contributed by atoms with Gasteiger partial charge in [0.25, 0.3) is 0 Å². The number of nitrogens with one attached hydrogen (secondary N) is 1. The van der Waals surface area contributed by atoms with Gasteiger partial charge in [0.05, 0.1) is 22.6 Å². The molecule has 2 aliphatic rings. The van der Waals surface area contributed by atoms with Gasteiger partial charge in [-0.15, -0.1) is 11.3 Å². The van der Waals surface area contributed by atoms with Gasteiger partial charge in [-0.05, 0) is 53.6 Å². The molecule has 0 amide bonds. The van der Waals surface area contributed by atoms with Crippen molar-refractivity contribution in [3.63, 3.8) is 0 Å². The first-order valence-corrected chi connectivity index (χ1v) is 12.6. The summed E-state index contributed by atoms with van der Waals surface area (Å²) in [6.45, 7) is 0. The fourth-order valence-electron chi connectivity index (χ4n) is 4.07. The predicted octanol–water partition coefficient (Wildman–Crippen LogP) is 5.08. The number of thiophene rings is 1. The number of aliphatic hydroxyl groups excluding tert-OH is 1. The van der Waals surface area contributed by atoms with Crippen LogP contribution in [0, 0.1) is 5.92 Å². The average molecular weight is 442 g/mol.